The molecule has 1 aromatic rings. The van der Waals surface area contributed by atoms with Crippen molar-refractivity contribution in [3.63, 3.8) is 0 Å². The maximum atomic E-state index is 5.79. The number of alkyl halides is 1. The van der Waals surface area contributed by atoms with Gasteiger partial charge in [0.2, 0.25) is 0 Å². The third kappa shape index (κ3) is 4.25. The second kappa shape index (κ2) is 7.02. The molecule has 0 bridgehead atoms. The van der Waals surface area contributed by atoms with Crippen molar-refractivity contribution in [3.05, 3.63) is 35.9 Å². The summed E-state index contributed by atoms with van der Waals surface area (Å²) in [5, 5.41) is 1.01. The summed E-state index contributed by atoms with van der Waals surface area (Å²) >= 11 is 3.44. The zero-order valence-corrected chi connectivity index (χ0v) is 10.2. The van der Waals surface area contributed by atoms with E-state index in [-0.39, 0.29) is 0 Å². The van der Waals surface area contributed by atoms with Crippen molar-refractivity contribution in [2.75, 3.05) is 5.33 Å². The van der Waals surface area contributed by atoms with Gasteiger partial charge in [-0.2, -0.15) is 0 Å². The molecule has 0 spiro atoms. The number of hydrogen-bond acceptors (Lipinski definition) is 1. The second-order valence-electron chi connectivity index (χ2n) is 3.30. The minimum atomic E-state index is 0.384. The summed E-state index contributed by atoms with van der Waals surface area (Å²) < 4.78 is 5.79. The Morgan fingerprint density at radius 1 is 1.29 bits per heavy atom. The summed E-state index contributed by atoms with van der Waals surface area (Å²) in [7, 11) is 0. The number of ether oxygens (including phenoxy) is 1. The van der Waals surface area contributed by atoms with Gasteiger partial charge in [0.05, 0.1) is 12.7 Å². The summed E-state index contributed by atoms with van der Waals surface area (Å²) in [6.45, 7) is 2.89. The van der Waals surface area contributed by atoms with Crippen LogP contribution in [-0.2, 0) is 11.3 Å². The second-order valence-corrected chi connectivity index (χ2v) is 4.10. The minimum absolute atomic E-state index is 0.384. The monoisotopic (exact) mass is 256 g/mol. The fourth-order valence-corrected chi connectivity index (χ4v) is 1.83. The maximum absolute atomic E-state index is 5.79. The Morgan fingerprint density at radius 3 is 2.57 bits per heavy atom. The third-order valence-corrected chi connectivity index (χ3v) is 2.67. The van der Waals surface area contributed by atoms with Crippen LogP contribution in [0.5, 0.6) is 0 Å². The van der Waals surface area contributed by atoms with Crippen LogP contribution in [0.25, 0.3) is 0 Å². The molecule has 1 aromatic carbocycles. The van der Waals surface area contributed by atoms with Crippen molar-refractivity contribution in [1.29, 1.82) is 0 Å². The van der Waals surface area contributed by atoms with E-state index in [4.69, 9.17) is 4.74 Å². The lowest BCUT2D eigenvalue weighted by atomic mass is 10.2. The smallest absolute Gasteiger partial charge is 0.0720 e. The van der Waals surface area contributed by atoms with E-state index in [0.29, 0.717) is 6.10 Å². The first kappa shape index (κ1) is 11.7. The Balaban J connectivity index is 2.32. The van der Waals surface area contributed by atoms with Crippen molar-refractivity contribution >= 4 is 15.9 Å². The lowest BCUT2D eigenvalue weighted by Crippen LogP contribution is -2.11. The van der Waals surface area contributed by atoms with Crippen LogP contribution in [0.15, 0.2) is 30.3 Å². The molecule has 0 aromatic heterocycles. The highest BCUT2D eigenvalue weighted by Crippen LogP contribution is 2.09. The summed E-state index contributed by atoms with van der Waals surface area (Å²) in [6, 6.07) is 10.3. The summed E-state index contributed by atoms with van der Waals surface area (Å²) in [4.78, 5) is 0. The molecule has 0 heterocycles. The lowest BCUT2D eigenvalue weighted by molar-refractivity contribution is 0.0368. The van der Waals surface area contributed by atoms with E-state index in [1.165, 1.54) is 5.56 Å². The SMILES string of the molecule is CCC(CCBr)OCc1ccccc1. The molecule has 0 aliphatic carbocycles. The molecule has 0 saturated carbocycles. The molecule has 0 aliphatic heterocycles. The van der Waals surface area contributed by atoms with Gasteiger partial charge in [0.15, 0.2) is 0 Å². The van der Waals surface area contributed by atoms with Crippen molar-refractivity contribution in [3.8, 4) is 0 Å². The predicted octanol–water partition coefficient (Wildman–Crippen LogP) is 3.77. The number of hydrogen-bond donors (Lipinski definition) is 0. The zero-order chi connectivity index (χ0) is 10.2. The first-order valence-electron chi connectivity index (χ1n) is 5.08. The minimum Gasteiger partial charge on any atom is -0.374 e. The largest absolute Gasteiger partial charge is 0.374 e. The quantitative estimate of drug-likeness (QED) is 0.705. The lowest BCUT2D eigenvalue weighted by Gasteiger charge is -2.14. The molecule has 78 valence electrons. The van der Waals surface area contributed by atoms with Crippen molar-refractivity contribution in [1.82, 2.24) is 0 Å². The van der Waals surface area contributed by atoms with Crippen LogP contribution in [0.4, 0.5) is 0 Å². The van der Waals surface area contributed by atoms with Gasteiger partial charge in [0.25, 0.3) is 0 Å². The molecule has 14 heavy (non-hydrogen) atoms. The van der Waals surface area contributed by atoms with Gasteiger partial charge < -0.3 is 4.74 Å². The Labute approximate surface area is 94.6 Å². The molecule has 1 atom stereocenters. The highest BCUT2D eigenvalue weighted by Gasteiger charge is 2.04. The molecule has 1 nitrogen and oxygen atoms in total. The third-order valence-electron chi connectivity index (χ3n) is 2.21. The van der Waals surface area contributed by atoms with Crippen LogP contribution in [0.2, 0.25) is 0 Å². The topological polar surface area (TPSA) is 9.23 Å². The molecule has 1 rings (SSSR count). The van der Waals surface area contributed by atoms with Crippen LogP contribution in [0.1, 0.15) is 25.3 Å². The average molecular weight is 257 g/mol. The number of halogens is 1. The Kier molecular flexibility index (Phi) is 5.88. The van der Waals surface area contributed by atoms with Crippen LogP contribution < -0.4 is 0 Å². The number of benzene rings is 1. The fourth-order valence-electron chi connectivity index (χ4n) is 1.32. The molecule has 2 heteroatoms. The summed E-state index contributed by atoms with van der Waals surface area (Å²) in [5.74, 6) is 0. The van der Waals surface area contributed by atoms with E-state index >= 15 is 0 Å². The highest BCUT2D eigenvalue weighted by atomic mass is 79.9. The molecule has 0 N–H and O–H groups in total. The first-order chi connectivity index (χ1) is 6.86. The summed E-state index contributed by atoms with van der Waals surface area (Å²) in [5.41, 5.74) is 1.25. The van der Waals surface area contributed by atoms with Gasteiger partial charge in [-0.3, -0.25) is 0 Å². The molecule has 1 unspecified atom stereocenters. The molecular weight excluding hydrogens is 240 g/mol. The Hall–Kier alpha value is -0.340. The molecular formula is C12H17BrO. The Bertz CT molecular complexity index is 235. The van der Waals surface area contributed by atoms with Crippen molar-refractivity contribution < 1.29 is 4.74 Å². The van der Waals surface area contributed by atoms with Crippen LogP contribution in [0.3, 0.4) is 0 Å². The molecule has 0 amide bonds. The van der Waals surface area contributed by atoms with E-state index in [2.05, 4.69) is 35.0 Å². The van der Waals surface area contributed by atoms with Gasteiger partial charge in [0.1, 0.15) is 0 Å². The maximum Gasteiger partial charge on any atom is 0.0720 e. The van der Waals surface area contributed by atoms with E-state index in [1.54, 1.807) is 0 Å². The highest BCUT2D eigenvalue weighted by molar-refractivity contribution is 9.09. The number of rotatable bonds is 6. The van der Waals surface area contributed by atoms with Crippen LogP contribution in [-0.4, -0.2) is 11.4 Å². The Morgan fingerprint density at radius 2 is 2.00 bits per heavy atom. The first-order valence-corrected chi connectivity index (χ1v) is 6.20. The molecule has 0 radical (unpaired) electrons. The predicted molar refractivity (Wildman–Crippen MR) is 63.7 cm³/mol. The van der Waals surface area contributed by atoms with Gasteiger partial charge in [-0.25, -0.2) is 0 Å². The molecule has 0 saturated heterocycles. The van der Waals surface area contributed by atoms with Gasteiger partial charge in [-0.15, -0.1) is 0 Å². The van der Waals surface area contributed by atoms with Gasteiger partial charge in [-0.05, 0) is 18.4 Å². The van der Waals surface area contributed by atoms with E-state index < -0.39 is 0 Å². The van der Waals surface area contributed by atoms with Gasteiger partial charge >= 0.3 is 0 Å². The molecule has 0 fully saturated rings. The van der Waals surface area contributed by atoms with Crippen molar-refractivity contribution in [2.45, 2.75) is 32.5 Å². The zero-order valence-electron chi connectivity index (χ0n) is 8.58. The fraction of sp³-hybridized carbons (Fsp3) is 0.500. The van der Waals surface area contributed by atoms with E-state index in [9.17, 15) is 0 Å². The average Bonchev–Trinajstić information content (AvgIpc) is 2.25. The van der Waals surface area contributed by atoms with E-state index in [0.717, 1.165) is 24.8 Å². The van der Waals surface area contributed by atoms with E-state index in [1.807, 2.05) is 18.2 Å². The summed E-state index contributed by atoms with van der Waals surface area (Å²) in [6.07, 6.45) is 2.55. The van der Waals surface area contributed by atoms with Crippen molar-refractivity contribution in [2.24, 2.45) is 0 Å². The molecule has 0 aliphatic rings. The van der Waals surface area contributed by atoms with Crippen LogP contribution >= 0.6 is 15.9 Å². The normalized spacial score (nSPS) is 12.7. The van der Waals surface area contributed by atoms with Crippen LogP contribution in [0, 0.1) is 0 Å². The van der Waals surface area contributed by atoms with Gasteiger partial charge in [0, 0.05) is 5.33 Å². The van der Waals surface area contributed by atoms with Gasteiger partial charge in [-0.1, -0.05) is 53.2 Å². The standard InChI is InChI=1S/C12H17BrO/c1-2-12(8-9-13)14-10-11-6-4-3-5-7-11/h3-7,12H,2,8-10H2,1H3.